The molecule has 2 fully saturated rings. The Hall–Kier alpha value is -1.75. The number of carbonyl (C=O) groups excluding carboxylic acids is 2. The molecular formula is C16H19ClN2O3. The minimum absolute atomic E-state index is 0.0760. The second kappa shape index (κ2) is 5.80. The van der Waals surface area contributed by atoms with E-state index in [2.05, 4.69) is 0 Å². The first kappa shape index (κ1) is 15.2. The van der Waals surface area contributed by atoms with E-state index in [0.29, 0.717) is 29.4 Å². The number of halogens is 1. The SMILES string of the molecule is COc1ccc(Cl)cc1C(=O)N1C[C@H]2CCN(C)C(=O)[C@H]2C1. The van der Waals surface area contributed by atoms with Crippen molar-refractivity contribution in [3.05, 3.63) is 28.8 Å². The molecule has 0 unspecified atom stereocenters. The van der Waals surface area contributed by atoms with E-state index < -0.39 is 0 Å². The monoisotopic (exact) mass is 322 g/mol. The molecule has 2 aliphatic rings. The predicted molar refractivity (Wildman–Crippen MR) is 83.1 cm³/mol. The van der Waals surface area contributed by atoms with Gasteiger partial charge in [0.1, 0.15) is 5.75 Å². The Balaban J connectivity index is 1.83. The molecule has 1 aromatic carbocycles. The first-order valence-corrected chi connectivity index (χ1v) is 7.77. The number of amides is 2. The zero-order chi connectivity index (χ0) is 15.9. The highest BCUT2D eigenvalue weighted by Gasteiger charge is 2.43. The van der Waals surface area contributed by atoms with Gasteiger partial charge in [-0.05, 0) is 30.5 Å². The summed E-state index contributed by atoms with van der Waals surface area (Å²) in [6, 6.07) is 5.01. The van der Waals surface area contributed by atoms with Gasteiger partial charge in [0, 0.05) is 31.7 Å². The third-order valence-electron chi connectivity index (χ3n) is 4.65. The van der Waals surface area contributed by atoms with Gasteiger partial charge in [0.05, 0.1) is 18.6 Å². The van der Waals surface area contributed by atoms with Crippen LogP contribution in [0.3, 0.4) is 0 Å². The first-order valence-electron chi connectivity index (χ1n) is 7.39. The molecule has 0 bridgehead atoms. The Kier molecular flexibility index (Phi) is 4.00. The summed E-state index contributed by atoms with van der Waals surface area (Å²) in [4.78, 5) is 28.5. The molecular weight excluding hydrogens is 304 g/mol. The molecule has 2 aliphatic heterocycles. The van der Waals surface area contributed by atoms with E-state index in [1.807, 2.05) is 7.05 Å². The summed E-state index contributed by atoms with van der Waals surface area (Å²) in [6.07, 6.45) is 0.948. The Morgan fingerprint density at radius 3 is 2.86 bits per heavy atom. The minimum Gasteiger partial charge on any atom is -0.496 e. The minimum atomic E-state index is -0.121. The summed E-state index contributed by atoms with van der Waals surface area (Å²) in [6.45, 7) is 1.86. The number of fused-ring (bicyclic) bond motifs is 1. The lowest BCUT2D eigenvalue weighted by atomic mass is 9.88. The summed E-state index contributed by atoms with van der Waals surface area (Å²) in [7, 11) is 3.35. The normalized spacial score (nSPS) is 24.4. The van der Waals surface area contributed by atoms with Gasteiger partial charge in [-0.2, -0.15) is 0 Å². The lowest BCUT2D eigenvalue weighted by Gasteiger charge is -2.30. The third-order valence-corrected chi connectivity index (χ3v) is 4.88. The molecule has 6 heteroatoms. The zero-order valence-electron chi connectivity index (χ0n) is 12.7. The van der Waals surface area contributed by atoms with Crippen LogP contribution in [0.25, 0.3) is 0 Å². The van der Waals surface area contributed by atoms with E-state index in [1.165, 1.54) is 7.11 Å². The maximum Gasteiger partial charge on any atom is 0.257 e. The molecule has 0 aliphatic carbocycles. The van der Waals surface area contributed by atoms with Crippen molar-refractivity contribution in [2.75, 3.05) is 33.8 Å². The Morgan fingerprint density at radius 1 is 1.36 bits per heavy atom. The molecule has 0 N–H and O–H groups in total. The highest BCUT2D eigenvalue weighted by atomic mass is 35.5. The maximum atomic E-state index is 12.8. The smallest absolute Gasteiger partial charge is 0.257 e. The average molecular weight is 323 g/mol. The number of methoxy groups -OCH3 is 1. The summed E-state index contributed by atoms with van der Waals surface area (Å²) in [5.41, 5.74) is 0.453. The molecule has 0 saturated carbocycles. The third kappa shape index (κ3) is 2.54. The second-order valence-electron chi connectivity index (χ2n) is 5.97. The lowest BCUT2D eigenvalue weighted by Crippen LogP contribution is -2.42. The van der Waals surface area contributed by atoms with E-state index in [-0.39, 0.29) is 23.7 Å². The van der Waals surface area contributed by atoms with Crippen molar-refractivity contribution >= 4 is 23.4 Å². The van der Waals surface area contributed by atoms with Gasteiger partial charge in [-0.1, -0.05) is 11.6 Å². The van der Waals surface area contributed by atoms with Crippen molar-refractivity contribution in [1.82, 2.24) is 9.80 Å². The molecule has 0 aromatic heterocycles. The molecule has 2 atom stereocenters. The van der Waals surface area contributed by atoms with Crippen LogP contribution in [0.1, 0.15) is 16.8 Å². The Bertz CT molecular complexity index is 619. The van der Waals surface area contributed by atoms with Gasteiger partial charge in [-0.25, -0.2) is 0 Å². The van der Waals surface area contributed by atoms with E-state index in [4.69, 9.17) is 16.3 Å². The number of nitrogens with zero attached hydrogens (tertiary/aromatic N) is 2. The molecule has 118 valence electrons. The molecule has 5 nitrogen and oxygen atoms in total. The summed E-state index contributed by atoms with van der Waals surface area (Å²) >= 11 is 6.00. The first-order chi connectivity index (χ1) is 10.5. The molecule has 2 heterocycles. The number of rotatable bonds is 2. The van der Waals surface area contributed by atoms with Crippen LogP contribution < -0.4 is 4.74 Å². The number of carbonyl (C=O) groups is 2. The number of piperidine rings is 1. The summed E-state index contributed by atoms with van der Waals surface area (Å²) < 4.78 is 5.26. The van der Waals surface area contributed by atoms with Crippen LogP contribution in [-0.2, 0) is 4.79 Å². The van der Waals surface area contributed by atoms with Crippen molar-refractivity contribution < 1.29 is 14.3 Å². The standard InChI is InChI=1S/C16H19ClN2O3/c1-18-6-5-10-8-19(9-13(10)15(18)20)16(21)12-7-11(17)3-4-14(12)22-2/h3-4,7,10,13H,5-6,8-9H2,1-2H3/t10-,13+/m1/s1. The van der Waals surface area contributed by atoms with Crippen LogP contribution in [0.15, 0.2) is 18.2 Å². The van der Waals surface area contributed by atoms with E-state index >= 15 is 0 Å². The number of benzene rings is 1. The molecule has 2 amide bonds. The van der Waals surface area contributed by atoms with Crippen LogP contribution in [0.2, 0.25) is 5.02 Å². The van der Waals surface area contributed by atoms with Crippen molar-refractivity contribution in [2.24, 2.45) is 11.8 Å². The highest BCUT2D eigenvalue weighted by Crippen LogP contribution is 2.33. The Morgan fingerprint density at radius 2 is 2.14 bits per heavy atom. The quantitative estimate of drug-likeness (QED) is 0.835. The van der Waals surface area contributed by atoms with Gasteiger partial charge >= 0.3 is 0 Å². The van der Waals surface area contributed by atoms with Crippen LogP contribution in [-0.4, -0.2) is 55.4 Å². The maximum absolute atomic E-state index is 12.8. The van der Waals surface area contributed by atoms with Crippen LogP contribution in [0.4, 0.5) is 0 Å². The van der Waals surface area contributed by atoms with Crippen molar-refractivity contribution in [3.8, 4) is 5.75 Å². The zero-order valence-corrected chi connectivity index (χ0v) is 13.5. The topological polar surface area (TPSA) is 49.9 Å². The van der Waals surface area contributed by atoms with E-state index in [9.17, 15) is 9.59 Å². The van der Waals surface area contributed by atoms with E-state index in [0.717, 1.165) is 13.0 Å². The molecule has 1 aromatic rings. The van der Waals surface area contributed by atoms with Crippen LogP contribution >= 0.6 is 11.6 Å². The largest absolute Gasteiger partial charge is 0.496 e. The number of hydrogen-bond donors (Lipinski definition) is 0. The van der Waals surface area contributed by atoms with Crippen molar-refractivity contribution in [2.45, 2.75) is 6.42 Å². The number of ether oxygens (including phenoxy) is 1. The fourth-order valence-electron chi connectivity index (χ4n) is 3.38. The van der Waals surface area contributed by atoms with Gasteiger partial charge in [-0.15, -0.1) is 0 Å². The highest BCUT2D eigenvalue weighted by molar-refractivity contribution is 6.31. The second-order valence-corrected chi connectivity index (χ2v) is 6.41. The Labute approximate surface area is 134 Å². The van der Waals surface area contributed by atoms with Crippen LogP contribution in [0, 0.1) is 11.8 Å². The van der Waals surface area contributed by atoms with Crippen molar-refractivity contribution in [1.29, 1.82) is 0 Å². The van der Waals surface area contributed by atoms with E-state index in [1.54, 1.807) is 28.0 Å². The lowest BCUT2D eigenvalue weighted by molar-refractivity contribution is -0.137. The van der Waals surface area contributed by atoms with Gasteiger partial charge in [-0.3, -0.25) is 9.59 Å². The van der Waals surface area contributed by atoms with Crippen molar-refractivity contribution in [3.63, 3.8) is 0 Å². The number of hydrogen-bond acceptors (Lipinski definition) is 3. The molecule has 0 radical (unpaired) electrons. The average Bonchev–Trinajstić information content (AvgIpc) is 2.95. The fourth-order valence-corrected chi connectivity index (χ4v) is 3.55. The van der Waals surface area contributed by atoms with Gasteiger partial charge < -0.3 is 14.5 Å². The molecule has 2 saturated heterocycles. The summed E-state index contributed by atoms with van der Waals surface area (Å²) in [5, 5.41) is 0.497. The number of likely N-dealkylation sites (tertiary alicyclic amines) is 2. The predicted octanol–water partition coefficient (Wildman–Crippen LogP) is 1.90. The molecule has 3 rings (SSSR count). The van der Waals surface area contributed by atoms with Crippen LogP contribution in [0.5, 0.6) is 5.75 Å². The molecule has 22 heavy (non-hydrogen) atoms. The fraction of sp³-hybridized carbons (Fsp3) is 0.500. The summed E-state index contributed by atoms with van der Waals surface area (Å²) in [5.74, 6) is 0.715. The van der Waals surface area contributed by atoms with Gasteiger partial charge in [0.25, 0.3) is 5.91 Å². The molecule has 0 spiro atoms. The van der Waals surface area contributed by atoms with Gasteiger partial charge in [0.2, 0.25) is 5.91 Å². The van der Waals surface area contributed by atoms with Gasteiger partial charge in [0.15, 0.2) is 0 Å².